The topological polar surface area (TPSA) is 57.5 Å². The van der Waals surface area contributed by atoms with E-state index in [4.69, 9.17) is 0 Å². The zero-order valence-electron chi connectivity index (χ0n) is 15.4. The monoisotopic (exact) mass is 366 g/mol. The van der Waals surface area contributed by atoms with Gasteiger partial charge in [-0.25, -0.2) is 0 Å². The van der Waals surface area contributed by atoms with Gasteiger partial charge in [0.2, 0.25) is 0 Å². The molecule has 0 atom stereocenters. The van der Waals surface area contributed by atoms with E-state index in [2.05, 4.69) is 0 Å². The molecular formula is C22H23O3P. The lowest BCUT2D eigenvalue weighted by Crippen LogP contribution is -2.14. The first-order valence-electron chi connectivity index (χ1n) is 8.54. The third kappa shape index (κ3) is 3.26. The van der Waals surface area contributed by atoms with Gasteiger partial charge in [0.25, 0.3) is 0 Å². The fraction of sp³-hybridized carbons (Fsp3) is 0.182. The molecular weight excluding hydrogens is 343 g/mol. The Morgan fingerprint density at radius 2 is 0.923 bits per heavy atom. The van der Waals surface area contributed by atoms with Crippen LogP contribution in [0.2, 0.25) is 0 Å². The van der Waals surface area contributed by atoms with Crippen molar-refractivity contribution in [3.05, 3.63) is 76.9 Å². The fourth-order valence-corrected chi connectivity index (χ4v) is 4.74. The Kier molecular flexibility index (Phi) is 4.90. The van der Waals surface area contributed by atoms with Crippen LogP contribution in [0.5, 0.6) is 0 Å². The summed E-state index contributed by atoms with van der Waals surface area (Å²) in [7, 11) is -4.50. The van der Waals surface area contributed by atoms with Crippen molar-refractivity contribution in [2.75, 3.05) is 0 Å². The van der Waals surface area contributed by atoms with E-state index in [0.29, 0.717) is 11.1 Å². The third-order valence-corrected chi connectivity index (χ3v) is 5.89. The van der Waals surface area contributed by atoms with E-state index < -0.39 is 7.60 Å². The third-order valence-electron chi connectivity index (χ3n) is 4.83. The van der Waals surface area contributed by atoms with Crippen molar-refractivity contribution in [1.82, 2.24) is 0 Å². The maximum Gasteiger partial charge on any atom is 0.357 e. The van der Waals surface area contributed by atoms with Gasteiger partial charge in [-0.2, -0.15) is 0 Å². The minimum Gasteiger partial charge on any atom is -0.321 e. The van der Waals surface area contributed by atoms with Gasteiger partial charge >= 0.3 is 7.60 Å². The van der Waals surface area contributed by atoms with Gasteiger partial charge in [-0.05, 0) is 72.2 Å². The summed E-state index contributed by atoms with van der Waals surface area (Å²) in [4.78, 5) is 20.5. The summed E-state index contributed by atoms with van der Waals surface area (Å²) < 4.78 is 12.6. The molecule has 0 saturated heterocycles. The van der Waals surface area contributed by atoms with Crippen molar-refractivity contribution in [3.63, 3.8) is 0 Å². The first kappa shape index (κ1) is 18.6. The van der Waals surface area contributed by atoms with Gasteiger partial charge in [0.05, 0.1) is 5.30 Å². The molecule has 3 nitrogen and oxygen atoms in total. The van der Waals surface area contributed by atoms with Crippen LogP contribution in [0.1, 0.15) is 22.3 Å². The predicted octanol–water partition coefficient (Wildman–Crippen LogP) is 5.06. The molecule has 2 N–H and O–H groups in total. The van der Waals surface area contributed by atoms with Gasteiger partial charge in [-0.15, -0.1) is 0 Å². The molecule has 0 amide bonds. The van der Waals surface area contributed by atoms with Crippen molar-refractivity contribution in [1.29, 1.82) is 0 Å². The first-order chi connectivity index (χ1) is 12.2. The lowest BCUT2D eigenvalue weighted by molar-refractivity contribution is 0.387. The Balaban J connectivity index is 2.46. The lowest BCUT2D eigenvalue weighted by Gasteiger charge is -2.21. The van der Waals surface area contributed by atoms with Crippen molar-refractivity contribution in [2.24, 2.45) is 0 Å². The standard InChI is InChI=1S/C22H23O3P/c1-14-8-5-9-15(2)20(14)18-12-7-13-19(22(18)26(23,24)25)21-16(3)10-6-11-17(21)4/h5-13H,1-4H3,(H2,23,24,25). The summed E-state index contributed by atoms with van der Waals surface area (Å²) in [5.74, 6) is 0. The molecule has 0 heterocycles. The Hall–Kier alpha value is -2.19. The summed E-state index contributed by atoms with van der Waals surface area (Å²) in [5, 5.41) is 0.106. The van der Waals surface area contributed by atoms with Gasteiger partial charge in [0, 0.05) is 0 Å². The smallest absolute Gasteiger partial charge is 0.321 e. The highest BCUT2D eigenvalue weighted by molar-refractivity contribution is 7.61. The molecule has 0 aliphatic carbocycles. The van der Waals surface area contributed by atoms with Gasteiger partial charge < -0.3 is 9.79 Å². The van der Waals surface area contributed by atoms with Crippen LogP contribution in [0.15, 0.2) is 54.6 Å². The molecule has 0 aliphatic heterocycles. The minimum absolute atomic E-state index is 0.106. The molecule has 3 rings (SSSR count). The quantitative estimate of drug-likeness (QED) is 0.637. The molecule has 0 fully saturated rings. The van der Waals surface area contributed by atoms with E-state index in [0.717, 1.165) is 33.4 Å². The first-order valence-corrected chi connectivity index (χ1v) is 10.2. The molecule has 0 bridgehead atoms. The second kappa shape index (κ2) is 6.85. The number of hydrogen-bond donors (Lipinski definition) is 2. The summed E-state index contributed by atoms with van der Waals surface area (Å²) in [6.07, 6.45) is 0. The molecule has 0 saturated carbocycles. The minimum atomic E-state index is -4.50. The zero-order valence-corrected chi connectivity index (χ0v) is 16.3. The Labute approximate surface area is 154 Å². The van der Waals surface area contributed by atoms with Crippen LogP contribution in [0.25, 0.3) is 22.3 Å². The normalized spacial score (nSPS) is 11.6. The summed E-state index contributed by atoms with van der Waals surface area (Å²) >= 11 is 0. The molecule has 0 aromatic heterocycles. The number of aryl methyl sites for hydroxylation is 4. The lowest BCUT2D eigenvalue weighted by atomic mass is 9.90. The molecule has 0 aliphatic rings. The van der Waals surface area contributed by atoms with Crippen LogP contribution >= 0.6 is 7.60 Å². The number of benzene rings is 3. The molecule has 134 valence electrons. The van der Waals surface area contributed by atoms with Gasteiger partial charge in [-0.1, -0.05) is 54.6 Å². The van der Waals surface area contributed by atoms with Crippen LogP contribution in [0, 0.1) is 27.7 Å². The zero-order chi connectivity index (χ0) is 19.1. The maximum absolute atomic E-state index is 12.6. The second-order valence-electron chi connectivity index (χ2n) is 6.78. The summed E-state index contributed by atoms with van der Waals surface area (Å²) in [6, 6.07) is 17.3. The SMILES string of the molecule is Cc1cccc(C)c1-c1cccc(-c2c(C)cccc2C)c1P(=O)(O)O. The highest BCUT2D eigenvalue weighted by Gasteiger charge is 2.28. The highest BCUT2D eigenvalue weighted by Crippen LogP contribution is 2.44. The van der Waals surface area contributed by atoms with Crippen molar-refractivity contribution < 1.29 is 14.4 Å². The highest BCUT2D eigenvalue weighted by atomic mass is 31.2. The molecule has 0 spiro atoms. The van der Waals surface area contributed by atoms with E-state index in [1.54, 1.807) is 12.1 Å². The van der Waals surface area contributed by atoms with Crippen LogP contribution in [-0.2, 0) is 4.57 Å². The average Bonchev–Trinajstić information content (AvgIpc) is 2.53. The van der Waals surface area contributed by atoms with Gasteiger partial charge in [-0.3, -0.25) is 4.57 Å². The molecule has 26 heavy (non-hydrogen) atoms. The van der Waals surface area contributed by atoms with E-state index in [1.165, 1.54) is 0 Å². The van der Waals surface area contributed by atoms with E-state index in [1.807, 2.05) is 70.2 Å². The Morgan fingerprint density at radius 1 is 0.615 bits per heavy atom. The van der Waals surface area contributed by atoms with Crippen molar-refractivity contribution in [2.45, 2.75) is 27.7 Å². The van der Waals surface area contributed by atoms with Crippen LogP contribution in [0.3, 0.4) is 0 Å². The Bertz CT molecular complexity index is 921. The molecule has 0 unspecified atom stereocenters. The maximum atomic E-state index is 12.6. The molecule has 3 aromatic carbocycles. The van der Waals surface area contributed by atoms with Crippen LogP contribution in [0.4, 0.5) is 0 Å². The molecule has 0 radical (unpaired) electrons. The number of rotatable bonds is 3. The molecule has 4 heteroatoms. The van der Waals surface area contributed by atoms with Crippen molar-refractivity contribution >= 4 is 12.9 Å². The van der Waals surface area contributed by atoms with Gasteiger partial charge in [0.1, 0.15) is 0 Å². The average molecular weight is 366 g/mol. The fourth-order valence-electron chi connectivity index (χ4n) is 3.74. The molecule has 3 aromatic rings. The predicted molar refractivity (Wildman–Crippen MR) is 108 cm³/mol. The van der Waals surface area contributed by atoms with E-state index >= 15 is 0 Å². The summed E-state index contributed by atoms with van der Waals surface area (Å²) in [5.41, 5.74) is 6.98. The van der Waals surface area contributed by atoms with Crippen LogP contribution < -0.4 is 5.30 Å². The van der Waals surface area contributed by atoms with Crippen LogP contribution in [-0.4, -0.2) is 9.79 Å². The van der Waals surface area contributed by atoms with Crippen molar-refractivity contribution in [3.8, 4) is 22.3 Å². The summed E-state index contributed by atoms with van der Waals surface area (Å²) in [6.45, 7) is 7.88. The Morgan fingerprint density at radius 3 is 1.23 bits per heavy atom. The van der Waals surface area contributed by atoms with E-state index in [-0.39, 0.29) is 5.30 Å². The van der Waals surface area contributed by atoms with E-state index in [9.17, 15) is 14.4 Å². The van der Waals surface area contributed by atoms with Gasteiger partial charge in [0.15, 0.2) is 0 Å². The second-order valence-corrected chi connectivity index (χ2v) is 8.31. The number of hydrogen-bond acceptors (Lipinski definition) is 1. The largest absolute Gasteiger partial charge is 0.357 e.